The third kappa shape index (κ3) is 2.37. The topological polar surface area (TPSA) is 71.7 Å². The van der Waals surface area contributed by atoms with E-state index in [0.717, 1.165) is 5.56 Å². The van der Waals surface area contributed by atoms with Crippen molar-refractivity contribution < 1.29 is 19.1 Å². The van der Waals surface area contributed by atoms with E-state index in [9.17, 15) is 9.90 Å². The van der Waals surface area contributed by atoms with E-state index in [1.807, 2.05) is 19.1 Å². The molecule has 0 aliphatic heterocycles. The SMILES string of the molecule is COc1c(C(=O)Nc2ccc(C)cc2)c(O)cc2occc12. The number of furan rings is 1. The largest absolute Gasteiger partial charge is 0.507 e. The molecule has 112 valence electrons. The lowest BCUT2D eigenvalue weighted by Crippen LogP contribution is -2.13. The molecule has 0 fully saturated rings. The molecule has 1 aromatic heterocycles. The van der Waals surface area contributed by atoms with Crippen LogP contribution in [0.25, 0.3) is 11.0 Å². The molecule has 0 spiro atoms. The van der Waals surface area contributed by atoms with Crippen molar-refractivity contribution in [1.82, 2.24) is 0 Å². The molecule has 1 heterocycles. The van der Waals surface area contributed by atoms with Crippen molar-refractivity contribution in [3.8, 4) is 11.5 Å². The fourth-order valence-corrected chi connectivity index (χ4v) is 2.33. The smallest absolute Gasteiger partial charge is 0.263 e. The zero-order valence-corrected chi connectivity index (χ0v) is 12.2. The normalized spacial score (nSPS) is 10.6. The number of amides is 1. The zero-order chi connectivity index (χ0) is 15.7. The van der Waals surface area contributed by atoms with Crippen molar-refractivity contribution in [2.75, 3.05) is 12.4 Å². The van der Waals surface area contributed by atoms with Crippen LogP contribution >= 0.6 is 0 Å². The molecule has 3 rings (SSSR count). The fraction of sp³-hybridized carbons (Fsp3) is 0.118. The summed E-state index contributed by atoms with van der Waals surface area (Å²) in [6.45, 7) is 1.97. The maximum atomic E-state index is 12.5. The highest BCUT2D eigenvalue weighted by Crippen LogP contribution is 2.37. The van der Waals surface area contributed by atoms with Gasteiger partial charge in [0, 0.05) is 11.8 Å². The Morgan fingerprint density at radius 2 is 1.95 bits per heavy atom. The first-order chi connectivity index (χ1) is 10.6. The first kappa shape index (κ1) is 14.0. The van der Waals surface area contributed by atoms with Gasteiger partial charge in [-0.15, -0.1) is 0 Å². The molecule has 2 N–H and O–H groups in total. The first-order valence-corrected chi connectivity index (χ1v) is 6.75. The number of hydrogen-bond donors (Lipinski definition) is 2. The van der Waals surface area contributed by atoms with Gasteiger partial charge < -0.3 is 19.6 Å². The molecule has 1 amide bonds. The molecule has 0 atom stereocenters. The van der Waals surface area contributed by atoms with Crippen molar-refractivity contribution in [2.45, 2.75) is 6.92 Å². The van der Waals surface area contributed by atoms with Gasteiger partial charge in [0.15, 0.2) is 0 Å². The zero-order valence-electron chi connectivity index (χ0n) is 12.2. The Bertz CT molecular complexity index is 834. The summed E-state index contributed by atoms with van der Waals surface area (Å²) in [5.41, 5.74) is 2.28. The van der Waals surface area contributed by atoms with Crippen LogP contribution in [0.1, 0.15) is 15.9 Å². The van der Waals surface area contributed by atoms with Gasteiger partial charge in [0.2, 0.25) is 0 Å². The van der Waals surface area contributed by atoms with Crippen LogP contribution in [0.4, 0.5) is 5.69 Å². The third-order valence-corrected chi connectivity index (χ3v) is 3.43. The van der Waals surface area contributed by atoms with Crippen LogP contribution in [0.3, 0.4) is 0 Å². The van der Waals surface area contributed by atoms with E-state index in [1.165, 1.54) is 19.4 Å². The molecule has 0 saturated carbocycles. The number of phenols is 1. The molecular weight excluding hydrogens is 282 g/mol. The van der Waals surface area contributed by atoms with Crippen LogP contribution < -0.4 is 10.1 Å². The predicted octanol–water partition coefficient (Wildman–Crippen LogP) is 3.71. The van der Waals surface area contributed by atoms with Crippen LogP contribution in [-0.4, -0.2) is 18.1 Å². The van der Waals surface area contributed by atoms with Gasteiger partial charge in [-0.3, -0.25) is 4.79 Å². The Hall–Kier alpha value is -2.95. The molecule has 0 saturated heterocycles. The second-order valence-electron chi connectivity index (χ2n) is 4.96. The summed E-state index contributed by atoms with van der Waals surface area (Å²) >= 11 is 0. The van der Waals surface area contributed by atoms with Crippen molar-refractivity contribution in [2.24, 2.45) is 0 Å². The maximum Gasteiger partial charge on any atom is 0.263 e. The van der Waals surface area contributed by atoms with Crippen LogP contribution in [0.2, 0.25) is 0 Å². The van der Waals surface area contributed by atoms with Gasteiger partial charge in [0.1, 0.15) is 22.6 Å². The van der Waals surface area contributed by atoms with Crippen molar-refractivity contribution in [3.63, 3.8) is 0 Å². The molecular formula is C17H15NO4. The molecule has 3 aromatic rings. The van der Waals surface area contributed by atoms with Crippen LogP contribution in [0, 0.1) is 6.92 Å². The number of ether oxygens (including phenoxy) is 1. The second kappa shape index (κ2) is 5.44. The van der Waals surface area contributed by atoms with E-state index >= 15 is 0 Å². The molecule has 22 heavy (non-hydrogen) atoms. The van der Waals surface area contributed by atoms with Gasteiger partial charge in [0.05, 0.1) is 18.8 Å². The Kier molecular flexibility index (Phi) is 3.47. The number of carbonyl (C=O) groups is 1. The number of hydrogen-bond acceptors (Lipinski definition) is 4. The Morgan fingerprint density at radius 3 is 2.64 bits per heavy atom. The van der Waals surface area contributed by atoms with E-state index in [4.69, 9.17) is 9.15 Å². The van der Waals surface area contributed by atoms with E-state index in [0.29, 0.717) is 16.7 Å². The summed E-state index contributed by atoms with van der Waals surface area (Å²) in [5.74, 6) is -0.349. The monoisotopic (exact) mass is 297 g/mol. The van der Waals surface area contributed by atoms with Gasteiger partial charge in [-0.2, -0.15) is 0 Å². The van der Waals surface area contributed by atoms with Gasteiger partial charge in [-0.1, -0.05) is 17.7 Å². The van der Waals surface area contributed by atoms with E-state index in [2.05, 4.69) is 5.32 Å². The number of fused-ring (bicyclic) bond motifs is 1. The van der Waals surface area contributed by atoms with E-state index in [1.54, 1.807) is 18.2 Å². The number of benzene rings is 2. The van der Waals surface area contributed by atoms with Crippen molar-refractivity contribution >= 4 is 22.6 Å². The van der Waals surface area contributed by atoms with Crippen LogP contribution in [-0.2, 0) is 0 Å². The number of anilines is 1. The highest BCUT2D eigenvalue weighted by Gasteiger charge is 2.22. The number of aromatic hydroxyl groups is 1. The maximum absolute atomic E-state index is 12.5. The number of aryl methyl sites for hydroxylation is 1. The molecule has 0 aliphatic carbocycles. The Morgan fingerprint density at radius 1 is 1.23 bits per heavy atom. The van der Waals surface area contributed by atoms with Gasteiger partial charge >= 0.3 is 0 Å². The standard InChI is InChI=1S/C17H15NO4/c1-10-3-5-11(6-4-10)18-17(20)15-13(19)9-14-12(7-8-22-14)16(15)21-2/h3-9,19H,1-2H3,(H,18,20). The Balaban J connectivity index is 2.02. The second-order valence-corrected chi connectivity index (χ2v) is 4.96. The summed E-state index contributed by atoms with van der Waals surface area (Å²) in [4.78, 5) is 12.5. The number of rotatable bonds is 3. The highest BCUT2D eigenvalue weighted by atomic mass is 16.5. The first-order valence-electron chi connectivity index (χ1n) is 6.75. The van der Waals surface area contributed by atoms with Crippen molar-refractivity contribution in [3.05, 3.63) is 53.8 Å². The van der Waals surface area contributed by atoms with Crippen LogP contribution in [0.15, 0.2) is 47.1 Å². The minimum atomic E-state index is -0.443. The summed E-state index contributed by atoms with van der Waals surface area (Å²) in [6, 6.07) is 10.5. The van der Waals surface area contributed by atoms with Gasteiger partial charge in [-0.25, -0.2) is 0 Å². The molecule has 0 unspecified atom stereocenters. The van der Waals surface area contributed by atoms with E-state index < -0.39 is 5.91 Å². The van der Waals surface area contributed by atoms with Gasteiger partial charge in [-0.05, 0) is 25.1 Å². The molecule has 2 aromatic carbocycles. The quantitative estimate of drug-likeness (QED) is 0.773. The fourth-order valence-electron chi connectivity index (χ4n) is 2.33. The summed E-state index contributed by atoms with van der Waals surface area (Å²) in [5, 5.41) is 13.5. The molecule has 5 heteroatoms. The minimum Gasteiger partial charge on any atom is -0.507 e. The summed E-state index contributed by atoms with van der Waals surface area (Å²) < 4.78 is 10.5. The lowest BCUT2D eigenvalue weighted by Gasteiger charge is -2.12. The third-order valence-electron chi connectivity index (χ3n) is 3.43. The number of phenolic OH excluding ortho intramolecular Hbond substituents is 1. The average Bonchev–Trinajstić information content (AvgIpc) is 2.95. The number of carbonyl (C=O) groups excluding carboxylic acids is 1. The average molecular weight is 297 g/mol. The molecule has 0 bridgehead atoms. The molecule has 0 aliphatic rings. The van der Waals surface area contributed by atoms with E-state index in [-0.39, 0.29) is 17.1 Å². The summed E-state index contributed by atoms with van der Waals surface area (Å²) in [7, 11) is 1.45. The van der Waals surface area contributed by atoms with Crippen molar-refractivity contribution in [1.29, 1.82) is 0 Å². The Labute approximate surface area is 127 Å². The molecule has 0 radical (unpaired) electrons. The predicted molar refractivity (Wildman–Crippen MR) is 83.6 cm³/mol. The lowest BCUT2D eigenvalue weighted by molar-refractivity contribution is 0.102. The lowest BCUT2D eigenvalue weighted by atomic mass is 10.1. The number of methoxy groups -OCH3 is 1. The number of nitrogens with one attached hydrogen (secondary N) is 1. The molecule has 5 nitrogen and oxygen atoms in total. The van der Waals surface area contributed by atoms with Crippen LogP contribution in [0.5, 0.6) is 11.5 Å². The highest BCUT2D eigenvalue weighted by molar-refractivity contribution is 6.11. The summed E-state index contributed by atoms with van der Waals surface area (Å²) in [6.07, 6.45) is 1.48. The van der Waals surface area contributed by atoms with Gasteiger partial charge in [0.25, 0.3) is 5.91 Å². The minimum absolute atomic E-state index is 0.0805.